The van der Waals surface area contributed by atoms with Crippen molar-refractivity contribution in [1.29, 1.82) is 0 Å². The zero-order chi connectivity index (χ0) is 13.4. The Morgan fingerprint density at radius 1 is 1.39 bits per heavy atom. The van der Waals surface area contributed by atoms with Crippen molar-refractivity contribution < 1.29 is 4.74 Å². The second kappa shape index (κ2) is 7.66. The molecular formula is C13H19N3OS. The van der Waals surface area contributed by atoms with Gasteiger partial charge in [-0.3, -0.25) is 5.43 Å². The topological polar surface area (TPSA) is 45.7 Å². The first-order valence-corrected chi connectivity index (χ1v) is 6.26. The third kappa shape index (κ3) is 5.63. The van der Waals surface area contributed by atoms with Crippen LogP contribution < -0.4 is 15.5 Å². The van der Waals surface area contributed by atoms with E-state index in [1.165, 1.54) is 0 Å². The van der Waals surface area contributed by atoms with Gasteiger partial charge in [-0.25, -0.2) is 0 Å². The number of benzene rings is 1. The normalized spacial score (nSPS) is 10.7. The Morgan fingerprint density at radius 2 is 2.06 bits per heavy atom. The first-order valence-electron chi connectivity index (χ1n) is 5.85. The van der Waals surface area contributed by atoms with Crippen LogP contribution in [-0.4, -0.2) is 25.0 Å². The van der Waals surface area contributed by atoms with Crippen LogP contribution in [0.2, 0.25) is 0 Å². The number of nitrogens with one attached hydrogen (secondary N) is 2. The molecule has 0 aliphatic rings. The van der Waals surface area contributed by atoms with Gasteiger partial charge in [-0.15, -0.1) is 0 Å². The Bertz CT molecular complexity index is 401. The number of thiocarbonyl (C=S) groups is 1. The standard InChI is InChI=1S/C13H19N3OS/c1-10(2)9-17-12-6-4-11(5-7-12)8-15-16-13(18)14-3/h4-8,10H,9H2,1-3H3,(H2,14,16,18)/b15-8+. The third-order valence-corrected chi connectivity index (χ3v) is 2.37. The van der Waals surface area contributed by atoms with Crippen molar-refractivity contribution in [3.05, 3.63) is 29.8 Å². The van der Waals surface area contributed by atoms with E-state index in [0.29, 0.717) is 11.0 Å². The van der Waals surface area contributed by atoms with E-state index in [-0.39, 0.29) is 0 Å². The van der Waals surface area contributed by atoms with Gasteiger partial charge < -0.3 is 10.1 Å². The largest absolute Gasteiger partial charge is 0.493 e. The van der Waals surface area contributed by atoms with Crippen LogP contribution in [0.15, 0.2) is 29.4 Å². The molecule has 2 N–H and O–H groups in total. The maximum absolute atomic E-state index is 5.59. The highest BCUT2D eigenvalue weighted by Crippen LogP contribution is 2.12. The van der Waals surface area contributed by atoms with Crippen LogP contribution in [0, 0.1) is 5.92 Å². The second-order valence-corrected chi connectivity index (χ2v) is 4.63. The van der Waals surface area contributed by atoms with E-state index in [0.717, 1.165) is 17.9 Å². The molecule has 0 spiro atoms. The lowest BCUT2D eigenvalue weighted by molar-refractivity contribution is 0.271. The van der Waals surface area contributed by atoms with Gasteiger partial charge in [0.05, 0.1) is 12.8 Å². The molecule has 0 amide bonds. The summed E-state index contributed by atoms with van der Waals surface area (Å²) in [6.07, 6.45) is 1.70. The molecule has 18 heavy (non-hydrogen) atoms. The monoisotopic (exact) mass is 265 g/mol. The lowest BCUT2D eigenvalue weighted by atomic mass is 10.2. The van der Waals surface area contributed by atoms with Crippen LogP contribution in [0.5, 0.6) is 5.75 Å². The fraction of sp³-hybridized carbons (Fsp3) is 0.385. The zero-order valence-corrected chi connectivity index (χ0v) is 11.8. The first-order chi connectivity index (χ1) is 8.61. The molecule has 0 aliphatic heterocycles. The van der Waals surface area contributed by atoms with Crippen LogP contribution in [0.1, 0.15) is 19.4 Å². The van der Waals surface area contributed by atoms with E-state index >= 15 is 0 Å². The average molecular weight is 265 g/mol. The molecule has 0 atom stereocenters. The molecule has 4 nitrogen and oxygen atoms in total. The molecule has 5 heteroatoms. The van der Waals surface area contributed by atoms with Gasteiger partial charge in [-0.2, -0.15) is 5.10 Å². The van der Waals surface area contributed by atoms with E-state index in [4.69, 9.17) is 17.0 Å². The number of hydrogen-bond acceptors (Lipinski definition) is 3. The van der Waals surface area contributed by atoms with Gasteiger partial charge in [0.15, 0.2) is 5.11 Å². The van der Waals surface area contributed by atoms with Gasteiger partial charge in [0, 0.05) is 7.05 Å². The minimum absolute atomic E-state index is 0.489. The van der Waals surface area contributed by atoms with Crippen molar-refractivity contribution in [3.8, 4) is 5.75 Å². The smallest absolute Gasteiger partial charge is 0.186 e. The maximum atomic E-state index is 5.59. The average Bonchev–Trinajstić information content (AvgIpc) is 2.37. The molecule has 1 aromatic carbocycles. The van der Waals surface area contributed by atoms with Crippen molar-refractivity contribution in [2.45, 2.75) is 13.8 Å². The maximum Gasteiger partial charge on any atom is 0.186 e. The molecule has 0 saturated carbocycles. The molecule has 0 saturated heterocycles. The Balaban J connectivity index is 2.47. The van der Waals surface area contributed by atoms with E-state index in [1.54, 1.807) is 13.3 Å². The van der Waals surface area contributed by atoms with Gasteiger partial charge >= 0.3 is 0 Å². The summed E-state index contributed by atoms with van der Waals surface area (Å²) in [5, 5.41) is 7.26. The van der Waals surface area contributed by atoms with Crippen LogP contribution in [-0.2, 0) is 0 Å². The van der Waals surface area contributed by atoms with Crippen LogP contribution in [0.25, 0.3) is 0 Å². The van der Waals surface area contributed by atoms with Crippen molar-refractivity contribution in [3.63, 3.8) is 0 Å². The van der Waals surface area contributed by atoms with Crippen molar-refractivity contribution in [2.24, 2.45) is 11.0 Å². The quantitative estimate of drug-likeness (QED) is 0.486. The van der Waals surface area contributed by atoms with Gasteiger partial charge in [-0.1, -0.05) is 13.8 Å². The molecule has 1 rings (SSSR count). The molecule has 0 heterocycles. The number of hydrazone groups is 1. The Labute approximate surface area is 113 Å². The molecular weight excluding hydrogens is 246 g/mol. The summed E-state index contributed by atoms with van der Waals surface area (Å²) >= 11 is 4.89. The first kappa shape index (κ1) is 14.4. The SMILES string of the molecule is CNC(=S)N/N=C/c1ccc(OCC(C)C)cc1. The van der Waals surface area contributed by atoms with Gasteiger partial charge in [0.1, 0.15) is 5.75 Å². The fourth-order valence-electron chi connectivity index (χ4n) is 1.13. The molecule has 0 fully saturated rings. The Morgan fingerprint density at radius 3 is 2.61 bits per heavy atom. The van der Waals surface area contributed by atoms with E-state index < -0.39 is 0 Å². The van der Waals surface area contributed by atoms with Crippen LogP contribution in [0.4, 0.5) is 0 Å². The summed E-state index contributed by atoms with van der Waals surface area (Å²) < 4.78 is 5.59. The van der Waals surface area contributed by atoms with Gasteiger partial charge in [0.25, 0.3) is 0 Å². The summed E-state index contributed by atoms with van der Waals surface area (Å²) in [4.78, 5) is 0. The third-order valence-electron chi connectivity index (χ3n) is 2.07. The molecule has 0 bridgehead atoms. The summed E-state index contributed by atoms with van der Waals surface area (Å²) in [6, 6.07) is 7.76. The molecule has 0 unspecified atom stereocenters. The van der Waals surface area contributed by atoms with Crippen LogP contribution in [0.3, 0.4) is 0 Å². The molecule has 98 valence electrons. The lowest BCUT2D eigenvalue weighted by Gasteiger charge is -2.08. The van der Waals surface area contributed by atoms with E-state index in [9.17, 15) is 0 Å². The summed E-state index contributed by atoms with van der Waals surface area (Å²) in [6.45, 7) is 4.97. The Kier molecular flexibility index (Phi) is 6.14. The predicted octanol–water partition coefficient (Wildman–Crippen LogP) is 2.15. The second-order valence-electron chi connectivity index (χ2n) is 4.22. The van der Waals surface area contributed by atoms with Crippen molar-refractivity contribution >= 4 is 23.5 Å². The van der Waals surface area contributed by atoms with Crippen molar-refractivity contribution in [1.82, 2.24) is 10.7 Å². The van der Waals surface area contributed by atoms with E-state index in [2.05, 4.69) is 29.7 Å². The van der Waals surface area contributed by atoms with Gasteiger partial charge in [0.2, 0.25) is 0 Å². The zero-order valence-electron chi connectivity index (χ0n) is 10.9. The predicted molar refractivity (Wildman–Crippen MR) is 79.2 cm³/mol. The molecule has 0 radical (unpaired) electrons. The molecule has 0 aromatic heterocycles. The Hall–Kier alpha value is -1.62. The summed E-state index contributed by atoms with van der Waals surface area (Å²) in [7, 11) is 1.74. The highest BCUT2D eigenvalue weighted by molar-refractivity contribution is 7.80. The van der Waals surface area contributed by atoms with E-state index in [1.807, 2.05) is 24.3 Å². The summed E-state index contributed by atoms with van der Waals surface area (Å²) in [5.41, 5.74) is 3.68. The highest BCUT2D eigenvalue weighted by atomic mass is 32.1. The minimum Gasteiger partial charge on any atom is -0.493 e. The highest BCUT2D eigenvalue weighted by Gasteiger charge is 1.96. The number of rotatable bonds is 5. The molecule has 0 aliphatic carbocycles. The number of hydrogen-bond donors (Lipinski definition) is 2. The van der Waals surface area contributed by atoms with Crippen LogP contribution >= 0.6 is 12.2 Å². The number of ether oxygens (including phenoxy) is 1. The van der Waals surface area contributed by atoms with Crippen molar-refractivity contribution in [2.75, 3.05) is 13.7 Å². The minimum atomic E-state index is 0.489. The molecule has 1 aromatic rings. The van der Waals surface area contributed by atoms with Gasteiger partial charge in [-0.05, 0) is 48.0 Å². The lowest BCUT2D eigenvalue weighted by Crippen LogP contribution is -2.28. The fourth-order valence-corrected chi connectivity index (χ4v) is 1.19. The summed E-state index contributed by atoms with van der Waals surface area (Å²) in [5.74, 6) is 1.40. The number of nitrogens with zero attached hydrogens (tertiary/aromatic N) is 1.